The molecule has 4 aromatic rings. The summed E-state index contributed by atoms with van der Waals surface area (Å²) in [5.41, 5.74) is 4.32. The van der Waals surface area contributed by atoms with E-state index in [9.17, 15) is 9.59 Å². The zero-order chi connectivity index (χ0) is 24.1. The zero-order valence-electron chi connectivity index (χ0n) is 19.7. The molecular weight excluding hydrogens is 432 g/mol. The molecule has 2 aromatic heterocycles. The third-order valence-electron chi connectivity index (χ3n) is 5.82. The number of hydrogen-bond acceptors (Lipinski definition) is 4. The van der Waals surface area contributed by atoms with E-state index in [0.29, 0.717) is 26.2 Å². The molecule has 0 unspecified atom stereocenters. The summed E-state index contributed by atoms with van der Waals surface area (Å²) >= 11 is 0. The van der Waals surface area contributed by atoms with Gasteiger partial charge in [0.2, 0.25) is 11.8 Å². The summed E-state index contributed by atoms with van der Waals surface area (Å²) in [7, 11) is 1.65. The van der Waals surface area contributed by atoms with Crippen LogP contribution >= 0.6 is 0 Å². The van der Waals surface area contributed by atoms with Gasteiger partial charge in [-0.05, 0) is 60.4 Å². The average molecular weight is 463 g/mol. The highest BCUT2D eigenvalue weighted by molar-refractivity contribution is 5.86. The topological polar surface area (TPSA) is 97.4 Å². The van der Waals surface area contributed by atoms with Gasteiger partial charge in [-0.3, -0.25) is 9.59 Å². The Labute approximate surface area is 198 Å². The van der Waals surface area contributed by atoms with E-state index in [1.54, 1.807) is 7.11 Å². The van der Waals surface area contributed by atoms with Gasteiger partial charge in [-0.25, -0.2) is 0 Å². The van der Waals surface area contributed by atoms with Crippen LogP contribution in [0.2, 0.25) is 0 Å². The number of carbonyl (C=O) groups is 2. The molecule has 0 fully saturated rings. The lowest BCUT2D eigenvalue weighted by Gasteiger charge is -2.10. The summed E-state index contributed by atoms with van der Waals surface area (Å²) in [5.74, 6) is 1.48. The molecule has 0 aliphatic rings. The molecule has 0 aliphatic carbocycles. The number of aromatic nitrogens is 2. The van der Waals surface area contributed by atoms with Crippen molar-refractivity contribution in [2.45, 2.75) is 33.4 Å². The van der Waals surface area contributed by atoms with E-state index < -0.39 is 0 Å². The number of aromatic amines is 1. The van der Waals surface area contributed by atoms with E-state index in [1.165, 1.54) is 13.8 Å². The van der Waals surface area contributed by atoms with Crippen LogP contribution in [0.15, 0.2) is 48.8 Å². The molecule has 2 heterocycles. The number of benzene rings is 2. The Morgan fingerprint density at radius 2 is 1.59 bits per heavy atom. The molecule has 0 saturated carbocycles. The number of amides is 2. The molecule has 0 aliphatic heterocycles. The molecule has 0 radical (unpaired) electrons. The number of ether oxygens (including phenoxy) is 2. The maximum absolute atomic E-state index is 11.3. The highest BCUT2D eigenvalue weighted by Gasteiger charge is 2.11. The van der Waals surface area contributed by atoms with Crippen LogP contribution < -0.4 is 20.1 Å². The minimum absolute atomic E-state index is 0.0307. The molecule has 0 atom stereocenters. The van der Waals surface area contributed by atoms with Crippen molar-refractivity contribution in [3.63, 3.8) is 0 Å². The van der Waals surface area contributed by atoms with E-state index in [0.717, 1.165) is 50.9 Å². The van der Waals surface area contributed by atoms with Crippen molar-refractivity contribution in [2.24, 2.45) is 0 Å². The lowest BCUT2D eigenvalue weighted by molar-refractivity contribution is -0.119. The van der Waals surface area contributed by atoms with Gasteiger partial charge in [-0.15, -0.1) is 0 Å². The fourth-order valence-electron chi connectivity index (χ4n) is 4.13. The first kappa shape index (κ1) is 23.2. The minimum atomic E-state index is -0.0405. The van der Waals surface area contributed by atoms with E-state index in [2.05, 4.69) is 26.4 Å². The van der Waals surface area contributed by atoms with Gasteiger partial charge in [0.05, 0.1) is 12.6 Å². The summed E-state index contributed by atoms with van der Waals surface area (Å²) < 4.78 is 13.6. The Kier molecular flexibility index (Phi) is 7.06. The number of carbonyl (C=O) groups excluding carboxylic acids is 2. The second kappa shape index (κ2) is 10.3. The number of hydrogen-bond donors (Lipinski definition) is 3. The molecule has 8 heteroatoms. The Hall–Kier alpha value is -3.94. The second-order valence-electron chi connectivity index (χ2n) is 8.27. The predicted octanol–water partition coefficient (Wildman–Crippen LogP) is 3.52. The summed E-state index contributed by atoms with van der Waals surface area (Å²) in [5, 5.41) is 7.86. The molecule has 34 heavy (non-hydrogen) atoms. The highest BCUT2D eigenvalue weighted by atomic mass is 16.5. The Morgan fingerprint density at radius 3 is 2.29 bits per heavy atom. The number of methoxy groups -OCH3 is 1. The fraction of sp³-hybridized carbons (Fsp3) is 0.308. The molecule has 3 N–H and O–H groups in total. The smallest absolute Gasteiger partial charge is 0.216 e. The maximum Gasteiger partial charge on any atom is 0.216 e. The Bertz CT molecular complexity index is 1320. The lowest BCUT2D eigenvalue weighted by Crippen LogP contribution is -2.22. The molecule has 0 saturated heterocycles. The molecular formula is C26H30N4O4. The molecule has 0 spiro atoms. The van der Waals surface area contributed by atoms with E-state index in [-0.39, 0.29) is 11.8 Å². The van der Waals surface area contributed by atoms with E-state index in [1.807, 2.05) is 42.6 Å². The van der Waals surface area contributed by atoms with Gasteiger partial charge in [0.15, 0.2) is 6.73 Å². The average Bonchev–Trinajstić information content (AvgIpc) is 3.38. The summed E-state index contributed by atoms with van der Waals surface area (Å²) in [6.07, 6.45) is 5.50. The van der Waals surface area contributed by atoms with Gasteiger partial charge in [-0.2, -0.15) is 0 Å². The van der Waals surface area contributed by atoms with Crippen molar-refractivity contribution in [3.8, 4) is 11.5 Å². The van der Waals surface area contributed by atoms with Crippen molar-refractivity contribution in [2.75, 3.05) is 20.2 Å². The van der Waals surface area contributed by atoms with Gasteiger partial charge in [0.25, 0.3) is 0 Å². The Balaban J connectivity index is 1.53. The van der Waals surface area contributed by atoms with Gasteiger partial charge in [0.1, 0.15) is 11.5 Å². The third kappa shape index (κ3) is 5.33. The first-order valence-corrected chi connectivity index (χ1v) is 11.3. The van der Waals surface area contributed by atoms with Gasteiger partial charge >= 0.3 is 0 Å². The van der Waals surface area contributed by atoms with Crippen molar-refractivity contribution in [1.29, 1.82) is 0 Å². The minimum Gasteiger partial charge on any atom is -0.497 e. The van der Waals surface area contributed by atoms with Gasteiger partial charge < -0.3 is 29.7 Å². The van der Waals surface area contributed by atoms with Crippen LogP contribution in [0.25, 0.3) is 21.8 Å². The molecule has 178 valence electrons. The maximum atomic E-state index is 11.3. The van der Waals surface area contributed by atoms with Gasteiger partial charge in [-0.1, -0.05) is 0 Å². The van der Waals surface area contributed by atoms with Crippen LogP contribution in [0, 0.1) is 0 Å². The lowest BCUT2D eigenvalue weighted by atomic mass is 10.1. The third-order valence-corrected chi connectivity index (χ3v) is 5.82. The highest BCUT2D eigenvalue weighted by Crippen LogP contribution is 2.28. The van der Waals surface area contributed by atoms with Crippen molar-refractivity contribution < 1.29 is 19.1 Å². The summed E-state index contributed by atoms with van der Waals surface area (Å²) in [6.45, 7) is 4.55. The molecule has 2 amide bonds. The molecule has 4 rings (SSSR count). The molecule has 8 nitrogen and oxygen atoms in total. The van der Waals surface area contributed by atoms with Crippen molar-refractivity contribution in [1.82, 2.24) is 20.2 Å². The summed E-state index contributed by atoms with van der Waals surface area (Å²) in [6, 6.07) is 12.0. The Morgan fingerprint density at radius 1 is 0.912 bits per heavy atom. The standard InChI is InChI=1S/C26H30N4O4/c1-17(31)27-10-8-19-14-29-25-6-4-22(13-23(19)25)34-16-30-15-20(9-11-28-18(2)32)24-12-21(33-3)5-7-26(24)30/h4-7,12-15,29H,8-11,16H2,1-3H3,(H,27,31)(H,28,32). The van der Waals surface area contributed by atoms with Gasteiger partial charge in [0, 0.05) is 55.6 Å². The quantitative estimate of drug-likeness (QED) is 0.336. The number of fused-ring (bicyclic) bond motifs is 2. The van der Waals surface area contributed by atoms with Crippen LogP contribution in [-0.2, 0) is 29.2 Å². The van der Waals surface area contributed by atoms with Crippen molar-refractivity contribution >= 4 is 33.6 Å². The normalized spacial score (nSPS) is 11.0. The van der Waals surface area contributed by atoms with Crippen LogP contribution in [0.5, 0.6) is 11.5 Å². The first-order chi connectivity index (χ1) is 16.4. The van der Waals surface area contributed by atoms with Crippen LogP contribution in [-0.4, -0.2) is 41.6 Å². The molecule has 2 aromatic carbocycles. The largest absolute Gasteiger partial charge is 0.497 e. The number of H-pyrrole nitrogens is 1. The van der Waals surface area contributed by atoms with E-state index >= 15 is 0 Å². The van der Waals surface area contributed by atoms with E-state index in [4.69, 9.17) is 9.47 Å². The first-order valence-electron chi connectivity index (χ1n) is 11.3. The summed E-state index contributed by atoms with van der Waals surface area (Å²) in [4.78, 5) is 25.7. The number of rotatable bonds is 10. The van der Waals surface area contributed by atoms with Crippen LogP contribution in [0.3, 0.4) is 0 Å². The fourth-order valence-corrected chi connectivity index (χ4v) is 4.13. The van der Waals surface area contributed by atoms with Crippen LogP contribution in [0.4, 0.5) is 0 Å². The predicted molar refractivity (Wildman–Crippen MR) is 132 cm³/mol. The zero-order valence-corrected chi connectivity index (χ0v) is 19.7. The second-order valence-corrected chi connectivity index (χ2v) is 8.27. The van der Waals surface area contributed by atoms with Crippen LogP contribution in [0.1, 0.15) is 25.0 Å². The molecule has 0 bridgehead atoms. The van der Waals surface area contributed by atoms with Crippen molar-refractivity contribution in [3.05, 3.63) is 59.9 Å². The SMILES string of the molecule is COc1ccc2c(c1)c(CCNC(C)=O)cn2COc1ccc2[nH]cc(CCNC(C)=O)c2c1. The monoisotopic (exact) mass is 462 g/mol. The number of nitrogens with zero attached hydrogens (tertiary/aromatic N) is 1. The number of nitrogens with one attached hydrogen (secondary N) is 3.